The Bertz CT molecular complexity index is 456. The van der Waals surface area contributed by atoms with E-state index in [4.69, 9.17) is 8.92 Å². The maximum atomic E-state index is 11.7. The summed E-state index contributed by atoms with van der Waals surface area (Å²) in [6, 6.07) is 9.57. The monoisotopic (exact) mass is 300 g/mol. The van der Waals surface area contributed by atoms with E-state index in [0.717, 1.165) is 18.4 Å². The second-order valence-corrected chi connectivity index (χ2v) is 6.43. The van der Waals surface area contributed by atoms with Gasteiger partial charge in [0.1, 0.15) is 6.10 Å². The average molecular weight is 300 g/mol. The van der Waals surface area contributed by atoms with Crippen LogP contribution >= 0.6 is 0 Å². The van der Waals surface area contributed by atoms with Crippen LogP contribution in [0.2, 0.25) is 0 Å². The molecule has 0 spiro atoms. The van der Waals surface area contributed by atoms with E-state index in [-0.39, 0.29) is 18.5 Å². The molecule has 0 radical (unpaired) electrons. The fourth-order valence-corrected chi connectivity index (χ4v) is 2.80. The summed E-state index contributed by atoms with van der Waals surface area (Å²) in [7, 11) is -3.45. The smallest absolute Gasteiger partial charge is 0.267 e. The van der Waals surface area contributed by atoms with Crippen molar-refractivity contribution < 1.29 is 17.3 Å². The minimum absolute atomic E-state index is 0.0378. The van der Waals surface area contributed by atoms with Crippen molar-refractivity contribution in [3.05, 3.63) is 35.9 Å². The Kier molecular flexibility index (Phi) is 7.80. The lowest BCUT2D eigenvalue weighted by Gasteiger charge is -2.18. The predicted octanol–water partition coefficient (Wildman–Crippen LogP) is 3.30. The van der Waals surface area contributed by atoms with Crippen LogP contribution in [0.25, 0.3) is 0 Å². The molecule has 0 aliphatic rings. The van der Waals surface area contributed by atoms with Gasteiger partial charge in [-0.25, -0.2) is 0 Å². The van der Waals surface area contributed by atoms with Crippen molar-refractivity contribution in [2.24, 2.45) is 0 Å². The van der Waals surface area contributed by atoms with Crippen molar-refractivity contribution in [3.63, 3.8) is 0 Å². The molecule has 1 rings (SSSR count). The normalized spacial score (nSPS) is 13.3. The molecular weight excluding hydrogens is 276 g/mol. The topological polar surface area (TPSA) is 52.6 Å². The van der Waals surface area contributed by atoms with Gasteiger partial charge in [-0.15, -0.1) is 0 Å². The lowest BCUT2D eigenvalue weighted by molar-refractivity contribution is 0.0210. The van der Waals surface area contributed by atoms with Crippen molar-refractivity contribution in [2.45, 2.75) is 39.2 Å². The molecule has 114 valence electrons. The Balaban J connectivity index is 2.62. The summed E-state index contributed by atoms with van der Waals surface area (Å²) >= 11 is 0. The van der Waals surface area contributed by atoms with E-state index in [1.807, 2.05) is 44.2 Å². The van der Waals surface area contributed by atoms with Gasteiger partial charge in [0, 0.05) is 6.61 Å². The van der Waals surface area contributed by atoms with E-state index in [1.54, 1.807) is 0 Å². The SMILES string of the molecule is CCCCS(=O)(=O)OCC(OCCC)c1ccccc1. The Morgan fingerprint density at radius 2 is 1.80 bits per heavy atom. The minimum atomic E-state index is -3.45. The molecule has 4 nitrogen and oxygen atoms in total. The Labute approximate surface area is 122 Å². The quantitative estimate of drug-likeness (QED) is 0.622. The summed E-state index contributed by atoms with van der Waals surface area (Å²) in [6.07, 6.45) is 1.99. The highest BCUT2D eigenvalue weighted by molar-refractivity contribution is 7.86. The lowest BCUT2D eigenvalue weighted by atomic mass is 10.1. The molecular formula is C15H24O4S. The number of hydrogen-bond donors (Lipinski definition) is 0. The molecule has 0 aliphatic carbocycles. The lowest BCUT2D eigenvalue weighted by Crippen LogP contribution is -2.18. The molecule has 0 aliphatic heterocycles. The Morgan fingerprint density at radius 1 is 1.10 bits per heavy atom. The molecule has 0 amide bonds. The fourth-order valence-electron chi connectivity index (χ4n) is 1.71. The molecule has 0 N–H and O–H groups in total. The highest BCUT2D eigenvalue weighted by Gasteiger charge is 2.17. The van der Waals surface area contributed by atoms with Crippen LogP contribution in [-0.2, 0) is 19.0 Å². The maximum Gasteiger partial charge on any atom is 0.267 e. The summed E-state index contributed by atoms with van der Waals surface area (Å²) in [4.78, 5) is 0. The van der Waals surface area contributed by atoms with Crippen LogP contribution < -0.4 is 0 Å². The van der Waals surface area contributed by atoms with Gasteiger partial charge in [0.15, 0.2) is 0 Å². The van der Waals surface area contributed by atoms with Gasteiger partial charge in [-0.05, 0) is 18.4 Å². The first-order valence-electron chi connectivity index (χ1n) is 7.12. The van der Waals surface area contributed by atoms with Gasteiger partial charge < -0.3 is 4.74 Å². The molecule has 5 heteroatoms. The van der Waals surface area contributed by atoms with E-state index in [0.29, 0.717) is 13.0 Å². The average Bonchev–Trinajstić information content (AvgIpc) is 2.46. The Morgan fingerprint density at radius 3 is 2.40 bits per heavy atom. The zero-order chi connectivity index (χ0) is 14.8. The second-order valence-electron chi connectivity index (χ2n) is 4.67. The van der Waals surface area contributed by atoms with Crippen molar-refractivity contribution in [1.29, 1.82) is 0 Å². The zero-order valence-electron chi connectivity index (χ0n) is 12.2. The summed E-state index contributed by atoms with van der Waals surface area (Å²) < 4.78 is 34.2. The van der Waals surface area contributed by atoms with E-state index >= 15 is 0 Å². The van der Waals surface area contributed by atoms with Gasteiger partial charge >= 0.3 is 0 Å². The maximum absolute atomic E-state index is 11.7. The van der Waals surface area contributed by atoms with E-state index in [9.17, 15) is 8.42 Å². The van der Waals surface area contributed by atoms with Crippen molar-refractivity contribution in [1.82, 2.24) is 0 Å². The molecule has 1 unspecified atom stereocenters. The zero-order valence-corrected chi connectivity index (χ0v) is 13.1. The van der Waals surface area contributed by atoms with Crippen LogP contribution in [0.15, 0.2) is 30.3 Å². The molecule has 20 heavy (non-hydrogen) atoms. The predicted molar refractivity (Wildman–Crippen MR) is 80.1 cm³/mol. The molecule has 1 aromatic carbocycles. The number of ether oxygens (including phenoxy) is 1. The molecule has 0 fully saturated rings. The van der Waals surface area contributed by atoms with Gasteiger partial charge in [0.25, 0.3) is 10.1 Å². The third kappa shape index (κ3) is 6.50. The van der Waals surface area contributed by atoms with Crippen LogP contribution in [0.5, 0.6) is 0 Å². The van der Waals surface area contributed by atoms with Gasteiger partial charge in [-0.1, -0.05) is 50.6 Å². The summed E-state index contributed by atoms with van der Waals surface area (Å²) in [6.45, 7) is 4.58. The van der Waals surface area contributed by atoms with Crippen LogP contribution in [0.4, 0.5) is 0 Å². The highest BCUT2D eigenvalue weighted by atomic mass is 32.2. The molecule has 0 heterocycles. The fraction of sp³-hybridized carbons (Fsp3) is 0.600. The first-order chi connectivity index (χ1) is 9.59. The van der Waals surface area contributed by atoms with E-state index < -0.39 is 10.1 Å². The number of rotatable bonds is 10. The van der Waals surface area contributed by atoms with E-state index in [1.165, 1.54) is 0 Å². The number of hydrogen-bond acceptors (Lipinski definition) is 4. The molecule has 0 saturated carbocycles. The summed E-state index contributed by atoms with van der Waals surface area (Å²) in [5.74, 6) is 0.0682. The molecule has 0 bridgehead atoms. The van der Waals surface area contributed by atoms with Crippen molar-refractivity contribution >= 4 is 10.1 Å². The van der Waals surface area contributed by atoms with Crippen LogP contribution in [0.1, 0.15) is 44.8 Å². The Hall–Kier alpha value is -0.910. The first kappa shape index (κ1) is 17.1. The van der Waals surface area contributed by atoms with Crippen LogP contribution in [0, 0.1) is 0 Å². The molecule has 0 saturated heterocycles. The van der Waals surface area contributed by atoms with Gasteiger partial charge in [-0.3, -0.25) is 4.18 Å². The summed E-state index contributed by atoms with van der Waals surface area (Å²) in [5.41, 5.74) is 0.937. The largest absolute Gasteiger partial charge is 0.371 e. The van der Waals surface area contributed by atoms with Crippen molar-refractivity contribution in [3.8, 4) is 0 Å². The second kappa shape index (κ2) is 9.10. The van der Waals surface area contributed by atoms with Gasteiger partial charge in [0.2, 0.25) is 0 Å². The van der Waals surface area contributed by atoms with Crippen LogP contribution in [-0.4, -0.2) is 27.4 Å². The van der Waals surface area contributed by atoms with Gasteiger partial charge in [-0.2, -0.15) is 8.42 Å². The van der Waals surface area contributed by atoms with Gasteiger partial charge in [0.05, 0.1) is 12.4 Å². The third-order valence-electron chi connectivity index (χ3n) is 2.84. The third-order valence-corrected chi connectivity index (χ3v) is 4.13. The number of unbranched alkanes of at least 4 members (excludes halogenated alkanes) is 1. The standard InChI is InChI=1S/C15H24O4S/c1-3-5-12-20(16,17)19-13-15(18-11-4-2)14-9-7-6-8-10-14/h6-10,15H,3-5,11-13H2,1-2H3. The van der Waals surface area contributed by atoms with Crippen molar-refractivity contribution in [2.75, 3.05) is 19.0 Å². The molecule has 1 aromatic rings. The first-order valence-corrected chi connectivity index (χ1v) is 8.70. The molecule has 0 aromatic heterocycles. The van der Waals surface area contributed by atoms with E-state index in [2.05, 4.69) is 0 Å². The molecule has 1 atom stereocenters. The number of benzene rings is 1. The highest BCUT2D eigenvalue weighted by Crippen LogP contribution is 2.19. The minimum Gasteiger partial charge on any atom is -0.371 e. The van der Waals surface area contributed by atoms with Crippen LogP contribution in [0.3, 0.4) is 0 Å². The summed E-state index contributed by atoms with van der Waals surface area (Å²) in [5, 5.41) is 0.